The van der Waals surface area contributed by atoms with Crippen LogP contribution >= 0.6 is 11.8 Å². The van der Waals surface area contributed by atoms with Gasteiger partial charge in [0.1, 0.15) is 0 Å². The van der Waals surface area contributed by atoms with Crippen molar-refractivity contribution >= 4 is 11.8 Å². The first kappa shape index (κ1) is 13.3. The van der Waals surface area contributed by atoms with Gasteiger partial charge in [0.15, 0.2) is 0 Å². The first-order valence-corrected chi connectivity index (χ1v) is 7.21. The average Bonchev–Trinajstić information content (AvgIpc) is 3.08. The zero-order valence-corrected chi connectivity index (χ0v) is 11.1. The van der Waals surface area contributed by atoms with Crippen molar-refractivity contribution in [3.63, 3.8) is 0 Å². The van der Waals surface area contributed by atoms with Gasteiger partial charge in [-0.1, -0.05) is 20.8 Å². The van der Waals surface area contributed by atoms with Crippen molar-refractivity contribution in [2.24, 2.45) is 5.92 Å². The van der Waals surface area contributed by atoms with E-state index in [2.05, 4.69) is 26.1 Å². The van der Waals surface area contributed by atoms with Crippen molar-refractivity contribution in [1.82, 2.24) is 5.32 Å². The number of thioether (sulfide) groups is 1. The molecule has 1 saturated carbocycles. The van der Waals surface area contributed by atoms with Gasteiger partial charge in [0.2, 0.25) is 0 Å². The van der Waals surface area contributed by atoms with Crippen LogP contribution in [0.15, 0.2) is 0 Å². The summed E-state index contributed by atoms with van der Waals surface area (Å²) in [5.74, 6) is 1.76. The van der Waals surface area contributed by atoms with Crippen LogP contribution < -0.4 is 5.32 Å². The second kappa shape index (κ2) is 6.12. The van der Waals surface area contributed by atoms with E-state index >= 15 is 0 Å². The predicted molar refractivity (Wildman–Crippen MR) is 68.4 cm³/mol. The maximum atomic E-state index is 9.63. The zero-order valence-electron chi connectivity index (χ0n) is 10.3. The molecule has 0 heterocycles. The molecule has 15 heavy (non-hydrogen) atoms. The van der Waals surface area contributed by atoms with Gasteiger partial charge in [-0.15, -0.1) is 0 Å². The van der Waals surface area contributed by atoms with Gasteiger partial charge in [-0.2, -0.15) is 11.8 Å². The van der Waals surface area contributed by atoms with Crippen LogP contribution in [0.1, 0.15) is 40.0 Å². The Kier molecular flexibility index (Phi) is 5.44. The van der Waals surface area contributed by atoms with E-state index in [1.54, 1.807) is 0 Å². The molecule has 1 fully saturated rings. The van der Waals surface area contributed by atoms with Crippen molar-refractivity contribution in [3.05, 3.63) is 0 Å². The molecule has 1 aliphatic rings. The van der Waals surface area contributed by atoms with Gasteiger partial charge in [-0.25, -0.2) is 0 Å². The highest BCUT2D eigenvalue weighted by atomic mass is 32.2. The van der Waals surface area contributed by atoms with Gasteiger partial charge >= 0.3 is 0 Å². The summed E-state index contributed by atoms with van der Waals surface area (Å²) in [7, 11) is 0. The minimum Gasteiger partial charge on any atom is -0.394 e. The highest BCUT2D eigenvalue weighted by molar-refractivity contribution is 7.99. The summed E-state index contributed by atoms with van der Waals surface area (Å²) in [5, 5.41) is 13.8. The van der Waals surface area contributed by atoms with Gasteiger partial charge in [-0.05, 0) is 31.7 Å². The van der Waals surface area contributed by atoms with Gasteiger partial charge < -0.3 is 10.4 Å². The highest BCUT2D eigenvalue weighted by Crippen LogP contribution is 2.41. The molecule has 2 nitrogen and oxygen atoms in total. The van der Waals surface area contributed by atoms with Crippen LogP contribution in [-0.4, -0.2) is 34.8 Å². The van der Waals surface area contributed by atoms with E-state index in [0.717, 1.165) is 12.3 Å². The lowest BCUT2D eigenvalue weighted by atomic mass is 9.97. The second-order valence-electron chi connectivity index (χ2n) is 4.65. The van der Waals surface area contributed by atoms with Crippen molar-refractivity contribution in [2.75, 3.05) is 18.9 Å². The molecule has 0 aromatic rings. The number of hydrogen-bond donors (Lipinski definition) is 2. The lowest BCUT2D eigenvalue weighted by Gasteiger charge is -2.33. The van der Waals surface area contributed by atoms with E-state index in [0.29, 0.717) is 11.2 Å². The van der Waals surface area contributed by atoms with E-state index in [9.17, 15) is 5.11 Å². The summed E-state index contributed by atoms with van der Waals surface area (Å²) in [6.45, 7) is 7.86. The molecule has 0 aromatic heterocycles. The summed E-state index contributed by atoms with van der Waals surface area (Å²) >= 11 is 1.99. The number of hydrogen-bond acceptors (Lipinski definition) is 3. The van der Waals surface area contributed by atoms with Crippen LogP contribution in [0.25, 0.3) is 0 Å². The third kappa shape index (κ3) is 3.65. The molecule has 2 unspecified atom stereocenters. The predicted octanol–water partition coefficient (Wildman–Crippen LogP) is 2.27. The van der Waals surface area contributed by atoms with Gasteiger partial charge in [0.05, 0.1) is 12.1 Å². The quantitative estimate of drug-likeness (QED) is 0.672. The summed E-state index contributed by atoms with van der Waals surface area (Å²) in [6, 6.07) is 0. The van der Waals surface area contributed by atoms with Crippen molar-refractivity contribution in [3.8, 4) is 0 Å². The molecule has 0 spiro atoms. The minimum atomic E-state index is 0.00282. The van der Waals surface area contributed by atoms with Crippen molar-refractivity contribution < 1.29 is 5.11 Å². The van der Waals surface area contributed by atoms with Crippen molar-refractivity contribution in [1.29, 1.82) is 0 Å². The van der Waals surface area contributed by atoms with E-state index in [1.807, 2.05) is 11.8 Å². The molecule has 0 amide bonds. The number of aliphatic hydroxyl groups is 1. The highest BCUT2D eigenvalue weighted by Gasteiger charge is 2.44. The standard InChI is InChI=1S/C12H25NOS/c1-4-10(3)15-9-12(8-14,13-5-2)11-6-7-11/h10-11,13-14H,4-9H2,1-3H3. The minimum absolute atomic E-state index is 0.00282. The largest absolute Gasteiger partial charge is 0.394 e. The van der Waals surface area contributed by atoms with Crippen LogP contribution in [0, 0.1) is 5.92 Å². The van der Waals surface area contributed by atoms with Crippen LogP contribution in [0.4, 0.5) is 0 Å². The molecule has 0 bridgehead atoms. The SMILES string of the molecule is CCNC(CO)(CSC(C)CC)C1CC1. The van der Waals surface area contributed by atoms with E-state index in [4.69, 9.17) is 0 Å². The second-order valence-corrected chi connectivity index (χ2v) is 6.08. The van der Waals surface area contributed by atoms with E-state index < -0.39 is 0 Å². The molecule has 0 aliphatic heterocycles. The molecular formula is C12H25NOS. The van der Waals surface area contributed by atoms with Crippen LogP contribution in [0.3, 0.4) is 0 Å². The topological polar surface area (TPSA) is 32.3 Å². The fourth-order valence-corrected chi connectivity index (χ4v) is 3.19. The van der Waals surface area contributed by atoms with Gasteiger partial charge in [0.25, 0.3) is 0 Å². The monoisotopic (exact) mass is 231 g/mol. The number of rotatable bonds is 8. The number of aliphatic hydroxyl groups excluding tert-OH is 1. The van der Waals surface area contributed by atoms with Crippen LogP contribution in [0.5, 0.6) is 0 Å². The Morgan fingerprint density at radius 1 is 1.47 bits per heavy atom. The molecular weight excluding hydrogens is 206 g/mol. The lowest BCUT2D eigenvalue weighted by Crippen LogP contribution is -2.53. The normalized spacial score (nSPS) is 22.4. The Bertz CT molecular complexity index is 184. The van der Waals surface area contributed by atoms with Gasteiger partial charge in [0, 0.05) is 11.0 Å². The fourth-order valence-electron chi connectivity index (χ4n) is 1.94. The molecule has 90 valence electrons. The lowest BCUT2D eigenvalue weighted by molar-refractivity contribution is 0.161. The van der Waals surface area contributed by atoms with Crippen molar-refractivity contribution in [2.45, 2.75) is 50.8 Å². The molecule has 0 radical (unpaired) electrons. The maximum Gasteiger partial charge on any atom is 0.0624 e. The Hall–Kier alpha value is 0.270. The summed E-state index contributed by atoms with van der Waals surface area (Å²) in [5.41, 5.74) is 0.00282. The maximum absolute atomic E-state index is 9.63. The van der Waals surface area contributed by atoms with E-state index in [-0.39, 0.29) is 12.1 Å². The Morgan fingerprint density at radius 3 is 2.53 bits per heavy atom. The smallest absolute Gasteiger partial charge is 0.0624 e. The van der Waals surface area contributed by atoms with Crippen LogP contribution in [-0.2, 0) is 0 Å². The average molecular weight is 231 g/mol. The summed E-state index contributed by atoms with van der Waals surface area (Å²) in [4.78, 5) is 0. The van der Waals surface area contributed by atoms with E-state index in [1.165, 1.54) is 19.3 Å². The molecule has 0 saturated heterocycles. The third-order valence-electron chi connectivity index (χ3n) is 3.37. The zero-order chi connectivity index (χ0) is 11.3. The molecule has 1 rings (SSSR count). The first-order valence-electron chi connectivity index (χ1n) is 6.16. The fraction of sp³-hybridized carbons (Fsp3) is 1.00. The first-order chi connectivity index (χ1) is 7.18. The Morgan fingerprint density at radius 2 is 2.13 bits per heavy atom. The molecule has 2 N–H and O–H groups in total. The Balaban J connectivity index is 2.47. The molecule has 2 atom stereocenters. The molecule has 0 aromatic carbocycles. The molecule has 1 aliphatic carbocycles. The third-order valence-corrected chi connectivity index (χ3v) is 4.95. The summed E-state index contributed by atoms with van der Waals surface area (Å²) in [6.07, 6.45) is 3.78. The summed E-state index contributed by atoms with van der Waals surface area (Å²) < 4.78 is 0. The Labute approximate surface area is 98.2 Å². The van der Waals surface area contributed by atoms with Crippen LogP contribution in [0.2, 0.25) is 0 Å². The number of nitrogens with one attached hydrogen (secondary N) is 1. The number of likely N-dealkylation sites (N-methyl/N-ethyl adjacent to an activating group) is 1. The van der Waals surface area contributed by atoms with Gasteiger partial charge in [-0.3, -0.25) is 0 Å². The molecule has 3 heteroatoms.